The predicted molar refractivity (Wildman–Crippen MR) is 154 cm³/mol. The summed E-state index contributed by atoms with van der Waals surface area (Å²) in [5.41, 5.74) is 6.57. The van der Waals surface area contributed by atoms with E-state index in [9.17, 15) is 4.79 Å². The monoisotopic (exact) mass is 521 g/mol. The lowest BCUT2D eigenvalue weighted by molar-refractivity contribution is -0.116. The van der Waals surface area contributed by atoms with Gasteiger partial charge in [-0.15, -0.1) is 11.3 Å². The van der Waals surface area contributed by atoms with Crippen molar-refractivity contribution in [3.05, 3.63) is 114 Å². The molecule has 6 heteroatoms. The normalized spacial score (nSPS) is 10.9. The first-order chi connectivity index (χ1) is 18.0. The Morgan fingerprint density at radius 1 is 0.865 bits per heavy atom. The van der Waals surface area contributed by atoms with Gasteiger partial charge < -0.3 is 5.32 Å². The van der Waals surface area contributed by atoms with Crippen LogP contribution in [0.5, 0.6) is 0 Å². The molecule has 1 amide bonds. The second-order valence-electron chi connectivity index (χ2n) is 8.91. The summed E-state index contributed by atoms with van der Waals surface area (Å²) in [6.45, 7) is 4.18. The van der Waals surface area contributed by atoms with E-state index < -0.39 is 0 Å². The number of aromatic nitrogens is 2. The minimum atomic E-state index is -0.0488. The van der Waals surface area contributed by atoms with Crippen molar-refractivity contribution in [1.29, 1.82) is 0 Å². The molecule has 0 saturated carbocycles. The van der Waals surface area contributed by atoms with Gasteiger partial charge in [0.1, 0.15) is 5.82 Å². The van der Waals surface area contributed by atoms with Gasteiger partial charge in [0.2, 0.25) is 5.91 Å². The summed E-state index contributed by atoms with van der Waals surface area (Å²) in [6.07, 6.45) is 2.84. The number of thiazole rings is 1. The molecule has 0 spiro atoms. The largest absolute Gasteiger partial charge is 0.311 e. The quantitative estimate of drug-likeness (QED) is 0.223. The fourth-order valence-electron chi connectivity index (χ4n) is 3.98. The summed E-state index contributed by atoms with van der Waals surface area (Å²) in [6, 6.07) is 30.9. The molecule has 0 bridgehead atoms. The van der Waals surface area contributed by atoms with E-state index >= 15 is 0 Å². The van der Waals surface area contributed by atoms with Crippen molar-refractivity contribution in [1.82, 2.24) is 9.97 Å². The maximum absolute atomic E-state index is 12.6. The first-order valence-corrected chi connectivity index (χ1v) is 13.8. The van der Waals surface area contributed by atoms with E-state index in [-0.39, 0.29) is 5.91 Å². The van der Waals surface area contributed by atoms with Crippen molar-refractivity contribution >= 4 is 34.8 Å². The number of pyridine rings is 1. The van der Waals surface area contributed by atoms with Crippen molar-refractivity contribution in [3.63, 3.8) is 0 Å². The molecule has 0 aliphatic heterocycles. The minimum Gasteiger partial charge on any atom is -0.311 e. The minimum absolute atomic E-state index is 0.0488. The molecule has 5 aromatic rings. The molecule has 0 atom stereocenters. The summed E-state index contributed by atoms with van der Waals surface area (Å²) < 4.78 is 0.973. The molecule has 2 heterocycles. The molecule has 4 nitrogen and oxygen atoms in total. The number of anilines is 1. The summed E-state index contributed by atoms with van der Waals surface area (Å²) in [5.74, 6) is 0.499. The van der Waals surface area contributed by atoms with Crippen LogP contribution in [0.15, 0.2) is 106 Å². The van der Waals surface area contributed by atoms with E-state index in [0.29, 0.717) is 18.7 Å². The second kappa shape index (κ2) is 11.5. The molecule has 3 aromatic carbocycles. The first-order valence-electron chi connectivity index (χ1n) is 12.2. The third kappa shape index (κ3) is 6.53. The molecule has 0 aliphatic carbocycles. The number of aryl methyl sites for hydroxylation is 3. The van der Waals surface area contributed by atoms with Gasteiger partial charge in [-0.25, -0.2) is 9.97 Å². The van der Waals surface area contributed by atoms with Crippen molar-refractivity contribution < 1.29 is 4.79 Å². The molecule has 0 aliphatic rings. The van der Waals surface area contributed by atoms with Crippen molar-refractivity contribution in [2.45, 2.75) is 35.9 Å². The number of benzene rings is 3. The number of rotatable bonds is 8. The Labute approximate surface area is 225 Å². The molecule has 184 valence electrons. The van der Waals surface area contributed by atoms with E-state index in [4.69, 9.17) is 4.98 Å². The number of nitrogens with zero attached hydrogens (tertiary/aromatic N) is 2. The summed E-state index contributed by atoms with van der Waals surface area (Å²) >= 11 is 3.33. The highest BCUT2D eigenvalue weighted by molar-refractivity contribution is 8.01. The van der Waals surface area contributed by atoms with Gasteiger partial charge in [-0.2, -0.15) is 0 Å². The highest BCUT2D eigenvalue weighted by atomic mass is 32.2. The number of amides is 1. The van der Waals surface area contributed by atoms with Crippen molar-refractivity contribution in [3.8, 4) is 21.7 Å². The average molecular weight is 522 g/mol. The van der Waals surface area contributed by atoms with Gasteiger partial charge >= 0.3 is 0 Å². The highest BCUT2D eigenvalue weighted by Crippen LogP contribution is 2.42. The zero-order valence-corrected chi connectivity index (χ0v) is 22.4. The molecule has 0 fully saturated rings. The van der Waals surface area contributed by atoms with Crippen LogP contribution in [0.1, 0.15) is 23.1 Å². The Hall–Kier alpha value is -3.74. The van der Waals surface area contributed by atoms with E-state index in [0.717, 1.165) is 36.5 Å². The van der Waals surface area contributed by atoms with Crippen LogP contribution in [-0.4, -0.2) is 15.9 Å². The van der Waals surface area contributed by atoms with Crippen LogP contribution >= 0.6 is 23.1 Å². The predicted octanol–water partition coefficient (Wildman–Crippen LogP) is 8.21. The van der Waals surface area contributed by atoms with E-state index in [1.807, 2.05) is 42.5 Å². The van der Waals surface area contributed by atoms with Crippen LogP contribution in [-0.2, 0) is 11.2 Å². The molecule has 0 radical (unpaired) electrons. The smallest absolute Gasteiger partial charge is 0.225 e. The number of hydrogen-bond acceptors (Lipinski definition) is 5. The van der Waals surface area contributed by atoms with E-state index in [2.05, 4.69) is 72.7 Å². The van der Waals surface area contributed by atoms with Crippen LogP contribution in [0.25, 0.3) is 21.7 Å². The van der Waals surface area contributed by atoms with Crippen LogP contribution in [0, 0.1) is 13.8 Å². The lowest BCUT2D eigenvalue weighted by atomic mass is 10.1. The summed E-state index contributed by atoms with van der Waals surface area (Å²) in [4.78, 5) is 24.3. The fraction of sp³-hybridized carbons (Fsp3) is 0.129. The molecular weight excluding hydrogens is 494 g/mol. The van der Waals surface area contributed by atoms with Crippen LogP contribution < -0.4 is 5.32 Å². The highest BCUT2D eigenvalue weighted by Gasteiger charge is 2.17. The Balaban J connectivity index is 1.41. The van der Waals surface area contributed by atoms with Gasteiger partial charge in [0.25, 0.3) is 0 Å². The Morgan fingerprint density at radius 2 is 1.68 bits per heavy atom. The van der Waals surface area contributed by atoms with Gasteiger partial charge in [-0.05, 0) is 61.7 Å². The first kappa shape index (κ1) is 24.9. The Morgan fingerprint density at radius 3 is 2.46 bits per heavy atom. The molecular formula is C31H27N3OS2. The summed E-state index contributed by atoms with van der Waals surface area (Å²) in [5, 5.41) is 2.97. The SMILES string of the molecule is Cc1ccc(Sc2nc(-c3cccc(C)c3)c(-c3ccnc(NC(=O)CCc4ccccc4)c3)s2)cc1. The van der Waals surface area contributed by atoms with Gasteiger partial charge in [0, 0.05) is 23.1 Å². The Kier molecular flexibility index (Phi) is 7.78. The zero-order valence-electron chi connectivity index (χ0n) is 20.8. The standard InChI is InChI=1S/C31H27N3OS2/c1-21-11-14-26(15-12-21)36-31-34-29(24-10-6-7-22(2)19-24)30(37-31)25-17-18-32-27(20-25)33-28(35)16-13-23-8-4-3-5-9-23/h3-12,14-15,17-20H,13,16H2,1-2H3,(H,32,33,35). The van der Waals surface area contributed by atoms with Gasteiger partial charge in [0.15, 0.2) is 4.34 Å². The van der Waals surface area contributed by atoms with Crippen LogP contribution in [0.4, 0.5) is 5.82 Å². The lowest BCUT2D eigenvalue weighted by Crippen LogP contribution is -2.13. The lowest BCUT2D eigenvalue weighted by Gasteiger charge is -2.08. The molecule has 0 unspecified atom stereocenters. The van der Waals surface area contributed by atoms with Gasteiger partial charge in [-0.1, -0.05) is 83.6 Å². The van der Waals surface area contributed by atoms with E-state index in [1.54, 1.807) is 29.3 Å². The molecule has 2 aromatic heterocycles. The van der Waals surface area contributed by atoms with Crippen LogP contribution in [0.3, 0.4) is 0 Å². The third-order valence-electron chi connectivity index (χ3n) is 5.90. The number of carbonyl (C=O) groups excluding carboxylic acids is 1. The second-order valence-corrected chi connectivity index (χ2v) is 11.2. The third-order valence-corrected chi connectivity index (χ3v) is 8.07. The molecule has 0 saturated heterocycles. The Bertz CT molecular complexity index is 1510. The number of nitrogens with one attached hydrogen (secondary N) is 1. The number of hydrogen-bond donors (Lipinski definition) is 1. The van der Waals surface area contributed by atoms with Crippen molar-refractivity contribution in [2.75, 3.05) is 5.32 Å². The topological polar surface area (TPSA) is 54.9 Å². The maximum atomic E-state index is 12.6. The van der Waals surface area contributed by atoms with Gasteiger partial charge in [-0.3, -0.25) is 4.79 Å². The summed E-state index contributed by atoms with van der Waals surface area (Å²) in [7, 11) is 0. The molecule has 5 rings (SSSR count). The molecule has 1 N–H and O–H groups in total. The van der Waals surface area contributed by atoms with Crippen LogP contribution in [0.2, 0.25) is 0 Å². The maximum Gasteiger partial charge on any atom is 0.225 e. The zero-order chi connectivity index (χ0) is 25.6. The fourth-order valence-corrected chi connectivity index (χ4v) is 6.12. The van der Waals surface area contributed by atoms with E-state index in [1.165, 1.54) is 11.1 Å². The van der Waals surface area contributed by atoms with Gasteiger partial charge in [0.05, 0.1) is 10.6 Å². The number of carbonyl (C=O) groups is 1. The average Bonchev–Trinajstić information content (AvgIpc) is 3.33. The van der Waals surface area contributed by atoms with Crippen molar-refractivity contribution in [2.24, 2.45) is 0 Å². The molecule has 37 heavy (non-hydrogen) atoms.